The average molecular weight is 449 g/mol. The average Bonchev–Trinajstić information content (AvgIpc) is 2.68. The first-order valence-electron chi connectivity index (χ1n) is 9.88. The van der Waals surface area contributed by atoms with E-state index in [1.807, 2.05) is 27.7 Å². The van der Waals surface area contributed by atoms with E-state index >= 15 is 0 Å². The Hall–Kier alpha value is -2.98. The molecule has 0 aliphatic carbocycles. The molecule has 0 spiro atoms. The van der Waals surface area contributed by atoms with Gasteiger partial charge in [0.1, 0.15) is 10.6 Å². The van der Waals surface area contributed by atoms with Crippen LogP contribution in [-0.2, 0) is 10.0 Å². The monoisotopic (exact) mass is 448 g/mol. The number of rotatable bonds is 10. The molecule has 0 saturated carbocycles. The summed E-state index contributed by atoms with van der Waals surface area (Å²) >= 11 is 0. The van der Waals surface area contributed by atoms with Crippen LogP contribution in [0.5, 0.6) is 5.75 Å². The van der Waals surface area contributed by atoms with Crippen molar-refractivity contribution in [3.05, 3.63) is 58.1 Å². The Bertz CT molecular complexity index is 1040. The van der Waals surface area contributed by atoms with Gasteiger partial charge in [0.2, 0.25) is 10.0 Å². The summed E-state index contributed by atoms with van der Waals surface area (Å²) in [6.07, 6.45) is 1.34. The fourth-order valence-corrected chi connectivity index (χ4v) is 4.85. The molecule has 2 aromatic carbocycles. The molecule has 2 N–H and O–H groups in total. The van der Waals surface area contributed by atoms with Crippen LogP contribution in [0.15, 0.2) is 52.5 Å². The summed E-state index contributed by atoms with van der Waals surface area (Å²) < 4.78 is 28.3. The molecule has 0 aromatic heterocycles. The number of para-hydroxylation sites is 1. The second-order valence-electron chi connectivity index (χ2n) is 7.98. The normalized spacial score (nSPS) is 12.2. The lowest BCUT2D eigenvalue weighted by atomic mass is 10.2. The molecule has 0 unspecified atom stereocenters. The van der Waals surface area contributed by atoms with Gasteiger partial charge in [-0.25, -0.2) is 8.42 Å². The van der Waals surface area contributed by atoms with Gasteiger partial charge in [0.15, 0.2) is 0 Å². The smallest absolute Gasteiger partial charge is 0.270 e. The van der Waals surface area contributed by atoms with Crippen LogP contribution in [0.4, 0.5) is 11.4 Å². The summed E-state index contributed by atoms with van der Waals surface area (Å²) in [7, 11) is -4.04. The Kier molecular flexibility index (Phi) is 8.12. The number of non-ortho nitro benzene ring substituents is 1. The van der Waals surface area contributed by atoms with Gasteiger partial charge in [0.25, 0.3) is 5.69 Å². The van der Waals surface area contributed by atoms with Crippen LogP contribution in [0.1, 0.15) is 33.3 Å². The first-order chi connectivity index (χ1) is 14.5. The molecule has 0 amide bonds. The molecule has 0 heterocycles. The zero-order chi connectivity index (χ0) is 23.2. The Morgan fingerprint density at radius 1 is 1.13 bits per heavy atom. The number of hydrazone groups is 1. The fourth-order valence-electron chi connectivity index (χ4n) is 2.92. The number of hydrogen-bond acceptors (Lipinski definition) is 7. The predicted molar refractivity (Wildman–Crippen MR) is 121 cm³/mol. The minimum atomic E-state index is -4.04. The van der Waals surface area contributed by atoms with Crippen molar-refractivity contribution in [1.82, 2.24) is 4.31 Å². The van der Waals surface area contributed by atoms with Crippen molar-refractivity contribution in [1.29, 1.82) is 0 Å². The van der Waals surface area contributed by atoms with Crippen molar-refractivity contribution in [3.8, 4) is 5.75 Å². The lowest BCUT2D eigenvalue weighted by Crippen LogP contribution is -2.37. The summed E-state index contributed by atoms with van der Waals surface area (Å²) in [6, 6.07) is 10.1. The van der Waals surface area contributed by atoms with Crippen molar-refractivity contribution in [2.75, 3.05) is 18.5 Å². The summed E-state index contributed by atoms with van der Waals surface area (Å²) in [4.78, 5) is 10.4. The highest BCUT2D eigenvalue weighted by atomic mass is 32.2. The van der Waals surface area contributed by atoms with Gasteiger partial charge in [-0.15, -0.1) is 0 Å². The third-order valence-electron chi connectivity index (χ3n) is 4.26. The number of sulfonamides is 1. The summed E-state index contributed by atoms with van der Waals surface area (Å²) in [5.41, 5.74) is 2.86. The number of aromatic hydroxyl groups is 1. The number of phenolic OH excluding ortho intramolecular Hbond substituents is 1. The van der Waals surface area contributed by atoms with Crippen LogP contribution in [-0.4, -0.2) is 42.1 Å². The Morgan fingerprint density at radius 3 is 2.29 bits per heavy atom. The number of anilines is 1. The zero-order valence-electron chi connectivity index (χ0n) is 18.0. The van der Waals surface area contributed by atoms with Gasteiger partial charge >= 0.3 is 0 Å². The zero-order valence-corrected chi connectivity index (χ0v) is 18.8. The molecule has 0 fully saturated rings. The number of hydrogen-bond donors (Lipinski definition) is 2. The van der Waals surface area contributed by atoms with Gasteiger partial charge < -0.3 is 5.11 Å². The van der Waals surface area contributed by atoms with E-state index in [1.54, 1.807) is 18.2 Å². The molecule has 0 bridgehead atoms. The van der Waals surface area contributed by atoms with E-state index < -0.39 is 14.9 Å². The maximum Gasteiger partial charge on any atom is 0.270 e. The lowest BCUT2D eigenvalue weighted by Gasteiger charge is -2.26. The third-order valence-corrected chi connectivity index (χ3v) is 6.13. The maximum absolute atomic E-state index is 13.5. The van der Waals surface area contributed by atoms with Crippen molar-refractivity contribution in [2.24, 2.45) is 16.9 Å². The molecule has 9 nitrogen and oxygen atoms in total. The lowest BCUT2D eigenvalue weighted by molar-refractivity contribution is -0.385. The van der Waals surface area contributed by atoms with Crippen LogP contribution >= 0.6 is 0 Å². The van der Waals surface area contributed by atoms with Gasteiger partial charge in [-0.05, 0) is 30.0 Å². The van der Waals surface area contributed by atoms with Crippen molar-refractivity contribution >= 4 is 27.6 Å². The highest BCUT2D eigenvalue weighted by Gasteiger charge is 2.30. The first kappa shape index (κ1) is 24.3. The molecule has 0 saturated heterocycles. The molecule has 31 heavy (non-hydrogen) atoms. The molecule has 2 rings (SSSR count). The first-order valence-corrected chi connectivity index (χ1v) is 11.3. The Morgan fingerprint density at radius 2 is 1.74 bits per heavy atom. The number of nitro benzene ring substituents is 1. The molecule has 2 aromatic rings. The van der Waals surface area contributed by atoms with E-state index in [-0.39, 0.29) is 46.9 Å². The van der Waals surface area contributed by atoms with Gasteiger partial charge in [-0.2, -0.15) is 9.41 Å². The number of nitro groups is 1. The van der Waals surface area contributed by atoms with Gasteiger partial charge in [-0.1, -0.05) is 39.8 Å². The van der Waals surface area contributed by atoms with E-state index in [9.17, 15) is 23.6 Å². The van der Waals surface area contributed by atoms with E-state index in [1.165, 1.54) is 28.7 Å². The van der Waals surface area contributed by atoms with Crippen molar-refractivity contribution in [3.63, 3.8) is 0 Å². The summed E-state index contributed by atoms with van der Waals surface area (Å²) in [6.45, 7) is 8.20. The van der Waals surface area contributed by atoms with Gasteiger partial charge in [0, 0.05) is 30.8 Å². The van der Waals surface area contributed by atoms with Crippen LogP contribution in [0.2, 0.25) is 0 Å². The van der Waals surface area contributed by atoms with E-state index in [0.717, 1.165) is 6.07 Å². The minimum Gasteiger partial charge on any atom is -0.507 e. The predicted octanol–water partition coefficient (Wildman–Crippen LogP) is 4.05. The molecular weight excluding hydrogens is 420 g/mol. The molecule has 0 aliphatic rings. The van der Waals surface area contributed by atoms with E-state index in [2.05, 4.69) is 10.5 Å². The summed E-state index contributed by atoms with van der Waals surface area (Å²) in [5.74, 6) is 0.162. The van der Waals surface area contributed by atoms with Crippen LogP contribution in [0.3, 0.4) is 0 Å². The SMILES string of the molecule is CC(C)CN(CC(C)C)S(=O)(=O)c1cc([N+](=O)[O-])ccc1N/N=C\c1ccccc1O. The molecule has 0 radical (unpaired) electrons. The second-order valence-corrected chi connectivity index (χ2v) is 9.88. The number of benzene rings is 2. The molecule has 0 aliphatic heterocycles. The largest absolute Gasteiger partial charge is 0.507 e. The maximum atomic E-state index is 13.5. The van der Waals surface area contributed by atoms with Crippen molar-refractivity contribution < 1.29 is 18.4 Å². The van der Waals surface area contributed by atoms with Crippen LogP contribution < -0.4 is 5.43 Å². The fraction of sp³-hybridized carbons (Fsp3) is 0.381. The molecule has 10 heteroatoms. The van der Waals surface area contributed by atoms with E-state index in [4.69, 9.17) is 0 Å². The standard InChI is InChI=1S/C21H28N4O5S/c1-15(2)13-24(14-16(3)4)31(29,30)21-11-18(25(27)28)9-10-19(21)23-22-12-17-7-5-6-8-20(17)26/h5-12,15-16,23,26H,13-14H2,1-4H3/b22-12-. The minimum absolute atomic E-state index is 0.0182. The van der Waals surface area contributed by atoms with Crippen LogP contribution in [0.25, 0.3) is 0 Å². The number of phenols is 1. The Balaban J connectivity index is 2.48. The van der Waals surface area contributed by atoms with Crippen LogP contribution in [0, 0.1) is 22.0 Å². The van der Waals surface area contributed by atoms with Gasteiger partial charge in [0.05, 0.1) is 16.8 Å². The highest BCUT2D eigenvalue weighted by molar-refractivity contribution is 7.89. The quantitative estimate of drug-likeness (QED) is 0.321. The van der Waals surface area contributed by atoms with Gasteiger partial charge in [-0.3, -0.25) is 15.5 Å². The number of nitrogens with zero attached hydrogens (tertiary/aromatic N) is 3. The van der Waals surface area contributed by atoms with Crippen molar-refractivity contribution in [2.45, 2.75) is 32.6 Å². The Labute approximate surface area is 182 Å². The third kappa shape index (κ3) is 6.50. The number of nitrogens with one attached hydrogen (secondary N) is 1. The topological polar surface area (TPSA) is 125 Å². The molecule has 168 valence electrons. The van der Waals surface area contributed by atoms with E-state index in [0.29, 0.717) is 5.56 Å². The molecule has 0 atom stereocenters. The molecular formula is C21H28N4O5S. The highest BCUT2D eigenvalue weighted by Crippen LogP contribution is 2.30. The second kappa shape index (κ2) is 10.4. The summed E-state index contributed by atoms with van der Waals surface area (Å²) in [5, 5.41) is 25.1.